The van der Waals surface area contributed by atoms with Crippen LogP contribution in [-0.4, -0.2) is 119 Å². The number of ether oxygens (including phenoxy) is 2. The van der Waals surface area contributed by atoms with Crippen LogP contribution in [0.4, 0.5) is 36.0 Å². The summed E-state index contributed by atoms with van der Waals surface area (Å²) in [5, 5.41) is 8.45. The van der Waals surface area contributed by atoms with E-state index in [0.29, 0.717) is 19.2 Å². The Hall–Kier alpha value is -3.92. The summed E-state index contributed by atoms with van der Waals surface area (Å²) in [5.41, 5.74) is 0. The van der Waals surface area contributed by atoms with E-state index < -0.39 is 30.5 Å². The third kappa shape index (κ3) is 6.87. The van der Waals surface area contributed by atoms with Crippen molar-refractivity contribution in [2.45, 2.75) is 43.9 Å². The molecule has 0 unspecified atom stereocenters. The van der Waals surface area contributed by atoms with E-state index in [1.165, 1.54) is 31.7 Å². The maximum Gasteiger partial charge on any atom is 0.413 e. The number of rotatable bonds is 7. The second-order valence-electron chi connectivity index (χ2n) is 10.2. The lowest BCUT2D eigenvalue weighted by Crippen LogP contribution is -2.60. The van der Waals surface area contributed by atoms with Crippen LogP contribution < -0.4 is 25.6 Å². The molecule has 3 fully saturated rings. The van der Waals surface area contributed by atoms with E-state index in [9.17, 15) is 18.4 Å². The molecule has 0 aliphatic carbocycles. The highest BCUT2D eigenvalue weighted by Crippen LogP contribution is 2.33. The van der Waals surface area contributed by atoms with Gasteiger partial charge in [-0.3, -0.25) is 15.5 Å². The van der Waals surface area contributed by atoms with Gasteiger partial charge in [0, 0.05) is 71.4 Å². The number of fused-ring (bicyclic) bond motifs is 1. The number of amides is 3. The van der Waals surface area contributed by atoms with Gasteiger partial charge in [0.25, 0.3) is 5.92 Å². The molecule has 3 aliphatic heterocycles. The Morgan fingerprint density at radius 2 is 2.02 bits per heavy atom. The van der Waals surface area contributed by atoms with E-state index in [4.69, 9.17) is 9.47 Å². The molecule has 3 amide bonds. The van der Waals surface area contributed by atoms with Crippen LogP contribution in [0.5, 0.6) is 5.88 Å². The van der Waals surface area contributed by atoms with Crippen LogP contribution in [-0.2, 0) is 4.74 Å². The highest BCUT2D eigenvalue weighted by Gasteiger charge is 2.48. The fourth-order valence-corrected chi connectivity index (χ4v) is 5.27. The Kier molecular flexibility index (Phi) is 8.58. The van der Waals surface area contributed by atoms with Crippen molar-refractivity contribution in [3.8, 4) is 5.88 Å². The molecule has 16 heteroatoms. The first-order chi connectivity index (χ1) is 19.7. The fraction of sp³-hybridized carbons (Fsp3) is 0.600. The number of likely N-dealkylation sites (N-methyl/N-ethyl adjacent to an activating group) is 1. The van der Waals surface area contributed by atoms with Crippen LogP contribution in [0, 0.1) is 0 Å². The first-order valence-electron chi connectivity index (χ1n) is 13.6. The van der Waals surface area contributed by atoms with Gasteiger partial charge in [-0.1, -0.05) is 0 Å². The van der Waals surface area contributed by atoms with E-state index in [1.807, 2.05) is 0 Å². The molecule has 0 saturated carbocycles. The minimum atomic E-state index is -3.16. The van der Waals surface area contributed by atoms with E-state index in [0.717, 1.165) is 31.0 Å². The Morgan fingerprint density at radius 1 is 1.17 bits per heavy atom. The first kappa shape index (κ1) is 28.6. The van der Waals surface area contributed by atoms with Gasteiger partial charge in [0.05, 0.1) is 19.0 Å². The monoisotopic (exact) mass is 576 g/mol. The smallest absolute Gasteiger partial charge is 0.413 e. The number of urea groups is 1. The van der Waals surface area contributed by atoms with E-state index >= 15 is 0 Å². The predicted molar refractivity (Wildman–Crippen MR) is 144 cm³/mol. The SMILES string of the molecule is CCOc1cnc(NC(=O)N(C)[C@H]2CN(c3nccc(NC(=O)O[C@H]4C[C@H]5CNCCN5C4)n3)CCC2(F)F)cn1. The van der Waals surface area contributed by atoms with Gasteiger partial charge in [-0.25, -0.2) is 33.3 Å². The molecule has 0 bridgehead atoms. The van der Waals surface area contributed by atoms with Gasteiger partial charge in [0.15, 0.2) is 5.82 Å². The Labute approximate surface area is 235 Å². The summed E-state index contributed by atoms with van der Waals surface area (Å²) < 4.78 is 40.8. The number of carbonyl (C=O) groups is 2. The number of nitrogens with zero attached hydrogens (tertiary/aromatic N) is 7. The Balaban J connectivity index is 1.19. The van der Waals surface area contributed by atoms with Gasteiger partial charge in [0.2, 0.25) is 11.8 Å². The van der Waals surface area contributed by atoms with Crippen LogP contribution in [0.2, 0.25) is 0 Å². The number of carbonyl (C=O) groups excluding carboxylic acids is 2. The summed E-state index contributed by atoms with van der Waals surface area (Å²) in [6.45, 7) is 5.33. The summed E-state index contributed by atoms with van der Waals surface area (Å²) in [6, 6.07) is -0.396. The predicted octanol–water partition coefficient (Wildman–Crippen LogP) is 1.64. The lowest BCUT2D eigenvalue weighted by atomic mass is 10.00. The molecule has 222 valence electrons. The number of alkyl halides is 2. The number of hydrogen-bond donors (Lipinski definition) is 3. The summed E-state index contributed by atoms with van der Waals surface area (Å²) in [5.74, 6) is -2.44. The number of piperidine rings is 1. The van der Waals surface area contributed by atoms with E-state index in [1.54, 1.807) is 11.8 Å². The average Bonchev–Trinajstić information content (AvgIpc) is 3.36. The second-order valence-corrected chi connectivity index (χ2v) is 10.2. The van der Waals surface area contributed by atoms with Crippen molar-refractivity contribution in [2.24, 2.45) is 0 Å². The van der Waals surface area contributed by atoms with Gasteiger partial charge >= 0.3 is 12.1 Å². The molecule has 3 aliphatic rings. The van der Waals surface area contributed by atoms with E-state index in [2.05, 4.69) is 40.8 Å². The minimum absolute atomic E-state index is 0.0371. The lowest BCUT2D eigenvalue weighted by Gasteiger charge is -2.42. The van der Waals surface area contributed by atoms with Crippen molar-refractivity contribution < 1.29 is 27.8 Å². The maximum absolute atomic E-state index is 15.0. The molecular formula is C25H34F2N10O4. The summed E-state index contributed by atoms with van der Waals surface area (Å²) in [4.78, 5) is 46.8. The molecule has 41 heavy (non-hydrogen) atoms. The van der Waals surface area contributed by atoms with Crippen molar-refractivity contribution in [1.29, 1.82) is 0 Å². The Morgan fingerprint density at radius 3 is 2.78 bits per heavy atom. The zero-order chi connectivity index (χ0) is 29.0. The van der Waals surface area contributed by atoms with Gasteiger partial charge < -0.3 is 24.6 Å². The summed E-state index contributed by atoms with van der Waals surface area (Å²) >= 11 is 0. The standard InChI is InChI=1S/C25H34F2N10O4/c1-3-40-21-13-30-20(12-31-21)33-23(38)35(2)18-15-37(8-5-25(18,26)27)22-29-6-4-19(32-22)34-24(39)41-17-10-16-11-28-7-9-36(16)14-17/h4,6,12-13,16-18,28H,3,5,7-11,14-15H2,1-2H3,(H,30,33,38)(H,29,32,34,39)/t16-,17-,18-/m0/s1. The molecule has 3 saturated heterocycles. The van der Waals surface area contributed by atoms with Crippen molar-refractivity contribution in [3.05, 3.63) is 24.7 Å². The molecule has 0 spiro atoms. The molecule has 2 aromatic heterocycles. The fourth-order valence-electron chi connectivity index (χ4n) is 5.27. The number of anilines is 3. The van der Waals surface area contributed by atoms with Gasteiger partial charge in [-0.15, -0.1) is 0 Å². The van der Waals surface area contributed by atoms with Crippen LogP contribution in [0.25, 0.3) is 0 Å². The number of hydrogen-bond acceptors (Lipinski definition) is 11. The molecule has 0 aromatic carbocycles. The largest absolute Gasteiger partial charge is 0.477 e. The van der Waals surface area contributed by atoms with Gasteiger partial charge in [0.1, 0.15) is 18.0 Å². The maximum atomic E-state index is 15.0. The van der Waals surface area contributed by atoms with Crippen molar-refractivity contribution in [2.75, 3.05) is 68.5 Å². The normalized spacial score (nSPS) is 23.8. The molecule has 0 radical (unpaired) electrons. The van der Waals surface area contributed by atoms with E-state index in [-0.39, 0.29) is 42.7 Å². The lowest BCUT2D eigenvalue weighted by molar-refractivity contribution is -0.0760. The quantitative estimate of drug-likeness (QED) is 0.441. The third-order valence-electron chi connectivity index (χ3n) is 7.41. The summed E-state index contributed by atoms with van der Waals surface area (Å²) in [6.07, 6.45) is 3.43. The Bertz CT molecular complexity index is 1210. The minimum Gasteiger partial charge on any atom is -0.477 e. The van der Waals surface area contributed by atoms with Gasteiger partial charge in [-0.05, 0) is 13.0 Å². The number of aromatic nitrogens is 4. The van der Waals surface area contributed by atoms with Crippen LogP contribution in [0.1, 0.15) is 19.8 Å². The highest BCUT2D eigenvalue weighted by molar-refractivity contribution is 5.88. The molecule has 14 nitrogen and oxygen atoms in total. The van der Waals surface area contributed by atoms with Crippen LogP contribution in [0.3, 0.4) is 0 Å². The first-order valence-corrected chi connectivity index (χ1v) is 13.6. The van der Waals surface area contributed by atoms with Crippen LogP contribution in [0.15, 0.2) is 24.7 Å². The zero-order valence-corrected chi connectivity index (χ0v) is 22.9. The molecule has 2 aromatic rings. The molecule has 5 rings (SSSR count). The van der Waals surface area contributed by atoms with Crippen molar-refractivity contribution in [3.63, 3.8) is 0 Å². The molecule has 3 atom stereocenters. The van der Waals surface area contributed by atoms with Crippen LogP contribution >= 0.6 is 0 Å². The van der Waals surface area contributed by atoms with Crippen molar-refractivity contribution >= 4 is 29.7 Å². The average molecular weight is 577 g/mol. The second kappa shape index (κ2) is 12.3. The zero-order valence-electron chi connectivity index (χ0n) is 22.9. The summed E-state index contributed by atoms with van der Waals surface area (Å²) in [7, 11) is 1.29. The number of piperazine rings is 1. The number of halogens is 2. The topological polar surface area (TPSA) is 150 Å². The third-order valence-corrected chi connectivity index (χ3v) is 7.41. The number of nitrogens with one attached hydrogen (secondary N) is 3. The molecular weight excluding hydrogens is 542 g/mol. The highest BCUT2D eigenvalue weighted by atomic mass is 19.3. The van der Waals surface area contributed by atoms with Gasteiger partial charge in [-0.2, -0.15) is 4.98 Å². The molecule has 3 N–H and O–H groups in total. The molecule has 5 heterocycles. The van der Waals surface area contributed by atoms with Crippen molar-refractivity contribution in [1.82, 2.24) is 35.1 Å².